The minimum atomic E-state index is 0.218. The third-order valence-corrected chi connectivity index (χ3v) is 4.13. The third-order valence-electron chi connectivity index (χ3n) is 3.64. The summed E-state index contributed by atoms with van der Waals surface area (Å²) in [6.45, 7) is 0. The van der Waals surface area contributed by atoms with Gasteiger partial charge in [-0.2, -0.15) is 0 Å². The summed E-state index contributed by atoms with van der Waals surface area (Å²) in [6, 6.07) is 8.67. The van der Waals surface area contributed by atoms with Gasteiger partial charge in [0.2, 0.25) is 0 Å². The predicted octanol–water partition coefficient (Wildman–Crippen LogP) is 4.42. The van der Waals surface area contributed by atoms with Gasteiger partial charge < -0.3 is 5.73 Å². The van der Waals surface area contributed by atoms with Crippen molar-refractivity contribution in [1.82, 2.24) is 0 Å². The number of halogens is 1. The molecule has 2 rings (SSSR count). The van der Waals surface area contributed by atoms with E-state index in [4.69, 9.17) is 5.73 Å². The number of nitrogens with two attached hydrogens (primary N) is 1. The van der Waals surface area contributed by atoms with Crippen molar-refractivity contribution in [3.05, 3.63) is 34.3 Å². The van der Waals surface area contributed by atoms with E-state index >= 15 is 0 Å². The molecule has 0 spiro atoms. The van der Waals surface area contributed by atoms with Crippen LogP contribution >= 0.6 is 15.9 Å². The molecule has 1 atom stereocenters. The molecule has 88 valence electrons. The second-order valence-corrected chi connectivity index (χ2v) is 5.75. The topological polar surface area (TPSA) is 26.0 Å². The first-order valence-corrected chi connectivity index (χ1v) is 7.08. The van der Waals surface area contributed by atoms with E-state index in [1.807, 2.05) is 0 Å². The summed E-state index contributed by atoms with van der Waals surface area (Å²) in [5.41, 5.74) is 7.67. The van der Waals surface area contributed by atoms with Gasteiger partial charge in [0.05, 0.1) is 0 Å². The van der Waals surface area contributed by atoms with Crippen LogP contribution in [-0.2, 0) is 0 Å². The predicted molar refractivity (Wildman–Crippen MR) is 72.3 cm³/mol. The molecular weight excluding hydrogens is 262 g/mol. The molecule has 2 heteroatoms. The maximum absolute atomic E-state index is 6.39. The molecule has 1 fully saturated rings. The van der Waals surface area contributed by atoms with Crippen LogP contribution in [-0.4, -0.2) is 0 Å². The lowest BCUT2D eigenvalue weighted by atomic mass is 9.88. The minimum Gasteiger partial charge on any atom is -0.324 e. The quantitative estimate of drug-likeness (QED) is 0.798. The average Bonchev–Trinajstić information content (AvgIpc) is 2.56. The van der Waals surface area contributed by atoms with E-state index in [-0.39, 0.29) is 6.04 Å². The van der Waals surface area contributed by atoms with Crippen LogP contribution in [0, 0.1) is 5.92 Å². The summed E-state index contributed by atoms with van der Waals surface area (Å²) in [4.78, 5) is 0. The maximum Gasteiger partial charge on any atom is 0.0323 e. The first-order valence-electron chi connectivity index (χ1n) is 6.28. The van der Waals surface area contributed by atoms with Gasteiger partial charge in [-0.25, -0.2) is 0 Å². The van der Waals surface area contributed by atoms with Gasteiger partial charge >= 0.3 is 0 Å². The SMILES string of the molecule is NC(c1cccc(Br)c1)C1CCCCCC1. The zero-order valence-electron chi connectivity index (χ0n) is 9.66. The third kappa shape index (κ3) is 3.08. The highest BCUT2D eigenvalue weighted by molar-refractivity contribution is 9.10. The zero-order chi connectivity index (χ0) is 11.4. The Labute approximate surface area is 107 Å². The second-order valence-electron chi connectivity index (χ2n) is 4.83. The highest BCUT2D eigenvalue weighted by Gasteiger charge is 2.20. The Bertz CT molecular complexity index is 329. The van der Waals surface area contributed by atoms with Gasteiger partial charge in [0.15, 0.2) is 0 Å². The molecule has 0 aliphatic heterocycles. The van der Waals surface area contributed by atoms with Crippen molar-refractivity contribution in [3.8, 4) is 0 Å². The zero-order valence-corrected chi connectivity index (χ0v) is 11.2. The van der Waals surface area contributed by atoms with Crippen LogP contribution in [0.5, 0.6) is 0 Å². The van der Waals surface area contributed by atoms with Crippen molar-refractivity contribution < 1.29 is 0 Å². The molecule has 1 aromatic carbocycles. The molecule has 16 heavy (non-hydrogen) atoms. The Morgan fingerprint density at radius 2 is 1.81 bits per heavy atom. The molecular formula is C14H20BrN. The monoisotopic (exact) mass is 281 g/mol. The first kappa shape index (κ1) is 12.1. The molecule has 1 unspecified atom stereocenters. The van der Waals surface area contributed by atoms with Gasteiger partial charge in [0, 0.05) is 10.5 Å². The Balaban J connectivity index is 2.07. The second kappa shape index (κ2) is 5.83. The molecule has 1 aliphatic rings. The molecule has 0 aromatic heterocycles. The molecule has 1 aliphatic carbocycles. The largest absolute Gasteiger partial charge is 0.324 e. The van der Waals surface area contributed by atoms with Crippen molar-refractivity contribution in [2.45, 2.75) is 44.6 Å². The van der Waals surface area contributed by atoms with Crippen LogP contribution in [0.2, 0.25) is 0 Å². The fraction of sp³-hybridized carbons (Fsp3) is 0.571. The van der Waals surface area contributed by atoms with Gasteiger partial charge in [0.1, 0.15) is 0 Å². The van der Waals surface area contributed by atoms with Crippen LogP contribution in [0.1, 0.15) is 50.1 Å². The van der Waals surface area contributed by atoms with Crippen molar-refractivity contribution in [2.24, 2.45) is 11.7 Å². The molecule has 0 saturated heterocycles. The Morgan fingerprint density at radius 3 is 2.44 bits per heavy atom. The number of hydrogen-bond donors (Lipinski definition) is 1. The fourth-order valence-electron chi connectivity index (χ4n) is 2.66. The molecule has 1 aromatic rings. The number of rotatable bonds is 2. The van der Waals surface area contributed by atoms with E-state index in [9.17, 15) is 0 Å². The van der Waals surface area contributed by atoms with Crippen molar-refractivity contribution >= 4 is 15.9 Å². The van der Waals surface area contributed by atoms with Gasteiger partial charge in [-0.1, -0.05) is 53.7 Å². The lowest BCUT2D eigenvalue weighted by Gasteiger charge is -2.22. The summed E-state index contributed by atoms with van der Waals surface area (Å²) in [5, 5.41) is 0. The fourth-order valence-corrected chi connectivity index (χ4v) is 3.07. The van der Waals surface area contributed by atoms with Crippen molar-refractivity contribution in [3.63, 3.8) is 0 Å². The number of benzene rings is 1. The molecule has 2 N–H and O–H groups in total. The smallest absolute Gasteiger partial charge is 0.0323 e. The van der Waals surface area contributed by atoms with Gasteiger partial charge in [0.25, 0.3) is 0 Å². The molecule has 0 radical (unpaired) electrons. The van der Waals surface area contributed by atoms with E-state index < -0.39 is 0 Å². The maximum atomic E-state index is 6.39. The van der Waals surface area contributed by atoms with Crippen LogP contribution < -0.4 is 5.73 Å². The van der Waals surface area contributed by atoms with E-state index in [0.29, 0.717) is 5.92 Å². The summed E-state index contributed by atoms with van der Waals surface area (Å²) >= 11 is 3.51. The van der Waals surface area contributed by atoms with Crippen molar-refractivity contribution in [1.29, 1.82) is 0 Å². The van der Waals surface area contributed by atoms with E-state index in [1.54, 1.807) is 0 Å². The van der Waals surface area contributed by atoms with Gasteiger partial charge in [-0.05, 0) is 36.5 Å². The van der Waals surface area contributed by atoms with Crippen LogP contribution in [0.4, 0.5) is 0 Å². The van der Waals surface area contributed by atoms with E-state index in [2.05, 4.69) is 40.2 Å². The summed E-state index contributed by atoms with van der Waals surface area (Å²) in [7, 11) is 0. The van der Waals surface area contributed by atoms with Gasteiger partial charge in [-0.3, -0.25) is 0 Å². The number of hydrogen-bond acceptors (Lipinski definition) is 1. The Hall–Kier alpha value is -0.340. The average molecular weight is 282 g/mol. The molecule has 1 nitrogen and oxygen atoms in total. The van der Waals surface area contributed by atoms with Crippen LogP contribution in [0.25, 0.3) is 0 Å². The lowest BCUT2D eigenvalue weighted by molar-refractivity contribution is 0.382. The highest BCUT2D eigenvalue weighted by Crippen LogP contribution is 2.32. The van der Waals surface area contributed by atoms with Crippen molar-refractivity contribution in [2.75, 3.05) is 0 Å². The highest BCUT2D eigenvalue weighted by atomic mass is 79.9. The molecule has 1 saturated carbocycles. The summed E-state index contributed by atoms with van der Waals surface area (Å²) in [6.07, 6.45) is 8.09. The van der Waals surface area contributed by atoms with Gasteiger partial charge in [-0.15, -0.1) is 0 Å². The summed E-state index contributed by atoms with van der Waals surface area (Å²) < 4.78 is 1.13. The van der Waals surface area contributed by atoms with Crippen LogP contribution in [0.15, 0.2) is 28.7 Å². The van der Waals surface area contributed by atoms with Crippen LogP contribution in [0.3, 0.4) is 0 Å². The lowest BCUT2D eigenvalue weighted by Crippen LogP contribution is -2.21. The standard InChI is InChI=1S/C14H20BrN/c15-13-9-5-8-12(10-13)14(16)11-6-3-1-2-4-7-11/h5,8-11,14H,1-4,6-7,16H2. The molecule has 0 heterocycles. The Morgan fingerprint density at radius 1 is 1.12 bits per heavy atom. The Kier molecular flexibility index (Phi) is 4.42. The van der Waals surface area contributed by atoms with E-state index in [1.165, 1.54) is 44.1 Å². The van der Waals surface area contributed by atoms with E-state index in [0.717, 1.165) is 4.47 Å². The normalized spacial score (nSPS) is 20.4. The first-order chi connectivity index (χ1) is 7.77. The molecule has 0 bridgehead atoms. The molecule has 0 amide bonds. The minimum absolute atomic E-state index is 0.218. The summed E-state index contributed by atoms with van der Waals surface area (Å²) in [5.74, 6) is 0.678.